The van der Waals surface area contributed by atoms with Crippen molar-refractivity contribution in [3.8, 4) is 0 Å². The van der Waals surface area contributed by atoms with E-state index in [1.807, 2.05) is 17.6 Å². The van der Waals surface area contributed by atoms with Crippen molar-refractivity contribution < 1.29 is 4.92 Å². The molecule has 2 rings (SSSR count). The van der Waals surface area contributed by atoms with Gasteiger partial charge in [0.05, 0.1) is 11.5 Å². The topological polar surface area (TPSA) is 85.9 Å². The molecule has 2 aromatic rings. The Labute approximate surface area is 116 Å². The van der Waals surface area contributed by atoms with Crippen LogP contribution in [-0.2, 0) is 19.6 Å². The van der Waals surface area contributed by atoms with Crippen LogP contribution in [0.3, 0.4) is 0 Å². The van der Waals surface area contributed by atoms with Gasteiger partial charge in [-0.15, -0.1) is 10.2 Å². The van der Waals surface area contributed by atoms with Gasteiger partial charge in [0.1, 0.15) is 12.2 Å². The number of benzene rings is 1. The zero-order valence-corrected chi connectivity index (χ0v) is 11.5. The van der Waals surface area contributed by atoms with Gasteiger partial charge in [0.2, 0.25) is 0 Å². The average molecular weight is 275 g/mol. The Hall–Kier alpha value is -2.28. The number of aryl methyl sites for hydroxylation is 1. The smallest absolute Gasteiger partial charge is 0.272 e. The highest BCUT2D eigenvalue weighted by Crippen LogP contribution is 2.20. The number of aromatic nitrogens is 3. The van der Waals surface area contributed by atoms with E-state index < -0.39 is 0 Å². The van der Waals surface area contributed by atoms with Crippen LogP contribution in [0.1, 0.15) is 23.9 Å². The summed E-state index contributed by atoms with van der Waals surface area (Å²) in [6.07, 6.45) is 1.69. The van der Waals surface area contributed by atoms with Crippen LogP contribution in [-0.4, -0.2) is 19.7 Å². The summed E-state index contributed by atoms with van der Waals surface area (Å²) >= 11 is 0. The van der Waals surface area contributed by atoms with Crippen LogP contribution < -0.4 is 5.32 Å². The first-order chi connectivity index (χ1) is 9.63. The maximum atomic E-state index is 10.9. The van der Waals surface area contributed by atoms with Crippen LogP contribution in [0.2, 0.25) is 0 Å². The van der Waals surface area contributed by atoms with Gasteiger partial charge in [0.25, 0.3) is 5.69 Å². The monoisotopic (exact) mass is 275 g/mol. The first-order valence-corrected chi connectivity index (χ1v) is 6.43. The van der Waals surface area contributed by atoms with E-state index in [1.165, 1.54) is 6.07 Å². The molecule has 0 saturated carbocycles. The molecule has 0 fully saturated rings. The molecule has 0 amide bonds. The lowest BCUT2D eigenvalue weighted by Crippen LogP contribution is -2.17. The second kappa shape index (κ2) is 6.25. The molecule has 0 aliphatic heterocycles. The first kappa shape index (κ1) is 14.1. The van der Waals surface area contributed by atoms with Crippen LogP contribution >= 0.6 is 0 Å². The average Bonchev–Trinajstić information content (AvgIpc) is 2.88. The van der Waals surface area contributed by atoms with Crippen molar-refractivity contribution in [2.24, 2.45) is 0 Å². The molecular formula is C13H17N5O2. The van der Waals surface area contributed by atoms with Gasteiger partial charge >= 0.3 is 0 Å². The van der Waals surface area contributed by atoms with Crippen molar-refractivity contribution in [2.75, 3.05) is 0 Å². The number of nitrogens with one attached hydrogen (secondary N) is 1. The molecule has 7 heteroatoms. The SMILES string of the molecule is CCn1cnnc1CNCc1cccc([N+](=O)[O-])c1C. The molecule has 1 aromatic carbocycles. The second-order valence-electron chi connectivity index (χ2n) is 4.46. The number of nitrogens with zero attached hydrogens (tertiary/aromatic N) is 4. The summed E-state index contributed by atoms with van der Waals surface area (Å²) in [5.74, 6) is 0.857. The Kier molecular flexibility index (Phi) is 4.41. The highest BCUT2D eigenvalue weighted by atomic mass is 16.6. The predicted octanol–water partition coefficient (Wildman–Crippen LogP) is 1.80. The molecule has 106 valence electrons. The maximum absolute atomic E-state index is 10.9. The summed E-state index contributed by atoms with van der Waals surface area (Å²) < 4.78 is 1.95. The van der Waals surface area contributed by atoms with Crippen molar-refractivity contribution in [3.05, 3.63) is 51.6 Å². The number of hydrogen-bond donors (Lipinski definition) is 1. The number of nitro benzene ring substituents is 1. The molecule has 0 radical (unpaired) electrons. The largest absolute Gasteiger partial charge is 0.317 e. The van der Waals surface area contributed by atoms with Crippen molar-refractivity contribution in [2.45, 2.75) is 33.5 Å². The van der Waals surface area contributed by atoms with Gasteiger partial charge in [-0.25, -0.2) is 0 Å². The molecule has 1 aromatic heterocycles. The maximum Gasteiger partial charge on any atom is 0.272 e. The molecule has 0 spiro atoms. The molecule has 1 N–H and O–H groups in total. The number of rotatable bonds is 6. The number of hydrogen-bond acceptors (Lipinski definition) is 5. The van der Waals surface area contributed by atoms with Gasteiger partial charge in [-0.2, -0.15) is 0 Å². The zero-order chi connectivity index (χ0) is 14.5. The van der Waals surface area contributed by atoms with E-state index in [2.05, 4.69) is 15.5 Å². The normalized spacial score (nSPS) is 10.7. The summed E-state index contributed by atoms with van der Waals surface area (Å²) in [4.78, 5) is 10.5. The quantitative estimate of drug-likeness (QED) is 0.641. The molecule has 0 bridgehead atoms. The van der Waals surface area contributed by atoms with E-state index in [1.54, 1.807) is 19.3 Å². The Morgan fingerprint density at radius 1 is 1.40 bits per heavy atom. The Morgan fingerprint density at radius 3 is 2.90 bits per heavy atom. The third-order valence-corrected chi connectivity index (χ3v) is 3.25. The van der Waals surface area contributed by atoms with Crippen molar-refractivity contribution >= 4 is 5.69 Å². The highest BCUT2D eigenvalue weighted by molar-refractivity contribution is 5.44. The Morgan fingerprint density at radius 2 is 2.20 bits per heavy atom. The summed E-state index contributed by atoms with van der Waals surface area (Å²) in [7, 11) is 0. The van der Waals surface area contributed by atoms with Crippen LogP contribution in [0.25, 0.3) is 0 Å². The predicted molar refractivity (Wildman–Crippen MR) is 74.1 cm³/mol. The molecule has 20 heavy (non-hydrogen) atoms. The first-order valence-electron chi connectivity index (χ1n) is 6.43. The van der Waals surface area contributed by atoms with Crippen molar-refractivity contribution in [1.29, 1.82) is 0 Å². The third-order valence-electron chi connectivity index (χ3n) is 3.25. The second-order valence-corrected chi connectivity index (χ2v) is 4.46. The van der Waals surface area contributed by atoms with Crippen LogP contribution in [0, 0.1) is 17.0 Å². The van der Waals surface area contributed by atoms with Gasteiger partial charge in [-0.3, -0.25) is 10.1 Å². The lowest BCUT2D eigenvalue weighted by molar-refractivity contribution is -0.385. The lowest BCUT2D eigenvalue weighted by Gasteiger charge is -2.08. The van der Waals surface area contributed by atoms with Crippen LogP contribution in [0.5, 0.6) is 0 Å². The van der Waals surface area contributed by atoms with Gasteiger partial charge in [0, 0.05) is 24.7 Å². The standard InChI is InChI=1S/C13H17N5O2/c1-3-17-9-15-16-13(17)8-14-7-11-5-4-6-12(10(11)2)18(19)20/h4-6,9,14H,3,7-8H2,1-2H3. The van der Waals surface area contributed by atoms with Gasteiger partial charge < -0.3 is 9.88 Å². The van der Waals surface area contributed by atoms with Gasteiger partial charge in [0.15, 0.2) is 0 Å². The fraction of sp³-hybridized carbons (Fsp3) is 0.385. The molecule has 0 unspecified atom stereocenters. The fourth-order valence-corrected chi connectivity index (χ4v) is 2.05. The van der Waals surface area contributed by atoms with E-state index in [-0.39, 0.29) is 10.6 Å². The number of nitro groups is 1. The van der Waals surface area contributed by atoms with Crippen molar-refractivity contribution in [1.82, 2.24) is 20.1 Å². The molecule has 0 saturated heterocycles. The minimum atomic E-state index is -0.355. The van der Waals surface area contributed by atoms with Gasteiger partial charge in [-0.05, 0) is 19.4 Å². The Bertz CT molecular complexity index is 609. The molecule has 1 heterocycles. The van der Waals surface area contributed by atoms with E-state index in [0.29, 0.717) is 18.7 Å². The van der Waals surface area contributed by atoms with Crippen LogP contribution in [0.4, 0.5) is 5.69 Å². The van der Waals surface area contributed by atoms with Gasteiger partial charge in [-0.1, -0.05) is 12.1 Å². The third kappa shape index (κ3) is 3.00. The van der Waals surface area contributed by atoms with E-state index in [9.17, 15) is 10.1 Å². The summed E-state index contributed by atoms with van der Waals surface area (Å²) in [6, 6.07) is 5.11. The van der Waals surface area contributed by atoms with Crippen LogP contribution in [0.15, 0.2) is 24.5 Å². The van der Waals surface area contributed by atoms with E-state index >= 15 is 0 Å². The molecular weight excluding hydrogens is 258 g/mol. The molecule has 0 aliphatic carbocycles. The summed E-state index contributed by atoms with van der Waals surface area (Å²) in [6.45, 7) is 5.75. The fourth-order valence-electron chi connectivity index (χ4n) is 2.05. The summed E-state index contributed by atoms with van der Waals surface area (Å²) in [5, 5.41) is 22.0. The van der Waals surface area contributed by atoms with E-state index in [4.69, 9.17) is 0 Å². The minimum Gasteiger partial charge on any atom is -0.317 e. The zero-order valence-electron chi connectivity index (χ0n) is 11.5. The van der Waals surface area contributed by atoms with E-state index in [0.717, 1.165) is 17.9 Å². The van der Waals surface area contributed by atoms with Crippen molar-refractivity contribution in [3.63, 3.8) is 0 Å². The molecule has 7 nitrogen and oxygen atoms in total. The molecule has 0 aliphatic rings. The minimum absolute atomic E-state index is 0.154. The summed E-state index contributed by atoms with van der Waals surface area (Å²) in [5.41, 5.74) is 1.77. The Balaban J connectivity index is 2.01. The lowest BCUT2D eigenvalue weighted by atomic mass is 10.1. The molecule has 0 atom stereocenters. The highest BCUT2D eigenvalue weighted by Gasteiger charge is 2.12.